The quantitative estimate of drug-likeness (QED) is 0.189. The van der Waals surface area contributed by atoms with Crippen molar-refractivity contribution in [2.24, 2.45) is 23.7 Å². The maximum atomic E-state index is 14.5. The Morgan fingerprint density at radius 3 is 2.66 bits per heavy atom. The van der Waals surface area contributed by atoms with Crippen LogP contribution in [0, 0.1) is 23.7 Å². The van der Waals surface area contributed by atoms with E-state index in [0.29, 0.717) is 54.4 Å². The molecule has 0 aromatic heterocycles. The van der Waals surface area contributed by atoms with Crippen LogP contribution in [0.5, 0.6) is 0 Å². The predicted molar refractivity (Wildman–Crippen MR) is 214 cm³/mol. The highest BCUT2D eigenvalue weighted by molar-refractivity contribution is 9.10. The van der Waals surface area contributed by atoms with Gasteiger partial charge in [-0.05, 0) is 73.4 Å². The van der Waals surface area contributed by atoms with Gasteiger partial charge in [0.05, 0.1) is 31.3 Å². The number of nitrogens with one attached hydrogen (secondary N) is 1. The van der Waals surface area contributed by atoms with Crippen molar-refractivity contribution < 1.29 is 48.3 Å². The van der Waals surface area contributed by atoms with Gasteiger partial charge in [0.25, 0.3) is 0 Å². The van der Waals surface area contributed by atoms with E-state index in [2.05, 4.69) is 42.0 Å². The summed E-state index contributed by atoms with van der Waals surface area (Å²) >= 11 is 3.38. The molecule has 1 aromatic carbocycles. The molecule has 1 aliphatic carbocycles. The van der Waals surface area contributed by atoms with Crippen molar-refractivity contribution in [2.75, 3.05) is 11.9 Å². The highest BCUT2D eigenvalue weighted by atomic mass is 79.9. The first-order valence-corrected chi connectivity index (χ1v) is 21.0. The number of esters is 2. The molecule has 56 heavy (non-hydrogen) atoms. The van der Waals surface area contributed by atoms with E-state index >= 15 is 0 Å². The molecule has 6 rings (SSSR count). The molecule has 1 amide bonds. The Kier molecular flexibility index (Phi) is 13.5. The first-order chi connectivity index (χ1) is 26.6. The largest absolute Gasteiger partial charge is 0.462 e. The van der Waals surface area contributed by atoms with E-state index in [0.717, 1.165) is 22.9 Å². The van der Waals surface area contributed by atoms with Crippen molar-refractivity contribution in [3.05, 3.63) is 75.8 Å². The molecular weight excluding hydrogens is 782 g/mol. The van der Waals surface area contributed by atoms with Gasteiger partial charge in [0.1, 0.15) is 23.7 Å². The maximum Gasteiger partial charge on any atom is 0.316 e. The summed E-state index contributed by atoms with van der Waals surface area (Å²) in [5.41, 5.74) is 0.427. The molecular formula is C44H58BrNO10. The molecule has 3 N–H and O–H groups in total. The average Bonchev–Trinajstić information content (AvgIpc) is 3.50. The number of ether oxygens (including phenoxy) is 5. The number of anilines is 1. The number of aliphatic hydroxyl groups excluding tert-OH is 1. The molecule has 4 aliphatic heterocycles. The van der Waals surface area contributed by atoms with E-state index in [1.165, 1.54) is 0 Å². The molecule has 0 radical (unpaired) electrons. The summed E-state index contributed by atoms with van der Waals surface area (Å²) in [6, 6.07) is 7.14. The molecule has 0 saturated carbocycles. The topological polar surface area (TPSA) is 150 Å². The first kappa shape index (κ1) is 42.5. The molecule has 4 heterocycles. The second kappa shape index (κ2) is 17.8. The van der Waals surface area contributed by atoms with Gasteiger partial charge in [0.15, 0.2) is 11.9 Å². The molecule has 3 saturated heterocycles. The minimum atomic E-state index is -1.92. The van der Waals surface area contributed by atoms with Crippen LogP contribution >= 0.6 is 15.9 Å². The molecule has 12 atom stereocenters. The molecule has 1 spiro atoms. The summed E-state index contributed by atoms with van der Waals surface area (Å²) < 4.78 is 33.0. The monoisotopic (exact) mass is 839 g/mol. The second-order valence-corrected chi connectivity index (χ2v) is 17.5. The number of aliphatic hydroxyl groups is 2. The Morgan fingerprint density at radius 1 is 1.12 bits per heavy atom. The standard InChI is InChI=1S/C44H58BrNO10/c1-7-25(2)39-28(5)18-19-43(56-39)23-34-22-33(55-43)15-14-27(4)38(49)26(3)10-8-11-30-24-52-41-40(29(6)20-35(42(50)53-34)44(30,41)51)54-37(48)17-16-36(47)46-32-13-9-12-31(45)21-32/h8-14,20-21,25-26,28,33-35,38-41,49,51H,7,15-19,22-24H2,1-6H3,(H,46,47)/b10-8+,27-14+,30-11+/t25-,26-,28-,33?,34?,35?,38-,39?,40+,41?,43+,44+/m0/s1. The molecule has 5 unspecified atom stereocenters. The lowest BCUT2D eigenvalue weighted by Crippen LogP contribution is -2.59. The van der Waals surface area contributed by atoms with E-state index in [9.17, 15) is 24.6 Å². The average molecular weight is 841 g/mol. The highest BCUT2D eigenvalue weighted by Crippen LogP contribution is 2.48. The number of hydrogen-bond acceptors (Lipinski definition) is 10. The van der Waals surface area contributed by atoms with E-state index in [-0.39, 0.29) is 43.5 Å². The molecule has 11 nitrogen and oxygen atoms in total. The van der Waals surface area contributed by atoms with Gasteiger partial charge in [-0.15, -0.1) is 0 Å². The summed E-state index contributed by atoms with van der Waals surface area (Å²) in [5, 5.41) is 26.8. The van der Waals surface area contributed by atoms with Crippen LogP contribution in [-0.4, -0.2) is 82.7 Å². The summed E-state index contributed by atoms with van der Waals surface area (Å²) in [5.74, 6) is -3.32. The molecule has 12 heteroatoms. The van der Waals surface area contributed by atoms with Gasteiger partial charge in [-0.25, -0.2) is 0 Å². The number of rotatable bonds is 7. The zero-order valence-corrected chi connectivity index (χ0v) is 35.0. The molecule has 3 fully saturated rings. The van der Waals surface area contributed by atoms with Crippen molar-refractivity contribution in [3.63, 3.8) is 0 Å². The fraction of sp³-hybridized carbons (Fsp3) is 0.614. The number of halogens is 1. The van der Waals surface area contributed by atoms with E-state index in [4.69, 9.17) is 23.7 Å². The second-order valence-electron chi connectivity index (χ2n) is 16.6. The molecule has 1 aromatic rings. The Bertz CT molecular complexity index is 1750. The number of hydrogen-bond donors (Lipinski definition) is 3. The summed E-state index contributed by atoms with van der Waals surface area (Å²) in [7, 11) is 0. The van der Waals surface area contributed by atoms with Crippen LogP contribution in [0.2, 0.25) is 0 Å². The number of benzene rings is 1. The third-order valence-electron chi connectivity index (χ3n) is 12.4. The third-order valence-corrected chi connectivity index (χ3v) is 12.9. The van der Waals surface area contributed by atoms with Crippen molar-refractivity contribution in [3.8, 4) is 0 Å². The van der Waals surface area contributed by atoms with Crippen molar-refractivity contribution in [2.45, 2.75) is 141 Å². The van der Waals surface area contributed by atoms with Crippen LogP contribution in [0.1, 0.15) is 92.9 Å². The molecule has 5 aliphatic rings. The number of carbonyl (C=O) groups excluding carboxylic acids is 3. The number of fused-ring (bicyclic) bond motifs is 2. The van der Waals surface area contributed by atoms with Gasteiger partial charge in [-0.2, -0.15) is 0 Å². The summed E-state index contributed by atoms with van der Waals surface area (Å²) in [6.45, 7) is 12.1. The van der Waals surface area contributed by atoms with Crippen molar-refractivity contribution in [1.82, 2.24) is 0 Å². The SMILES string of the molecule is CC[C@H](C)C1O[C@]2(CC[C@@H]1C)CC1CC(C/C=C(\C)[C@@H](O)[C@@H](C)/C=C/C=C3\COC4[C@H](OC(=O)CCC(=O)Nc5cccc(Br)c5)C(C)=CC(C(=O)O1)[C@]34O)O2. The lowest BCUT2D eigenvalue weighted by atomic mass is 9.70. The van der Waals surface area contributed by atoms with Gasteiger partial charge >= 0.3 is 11.9 Å². The van der Waals surface area contributed by atoms with Crippen molar-refractivity contribution in [1.29, 1.82) is 0 Å². The predicted octanol–water partition coefficient (Wildman–Crippen LogP) is 7.26. The Morgan fingerprint density at radius 2 is 1.91 bits per heavy atom. The van der Waals surface area contributed by atoms with Crippen LogP contribution in [0.4, 0.5) is 5.69 Å². The van der Waals surface area contributed by atoms with Gasteiger partial charge in [0.2, 0.25) is 5.91 Å². The van der Waals surface area contributed by atoms with Gasteiger partial charge < -0.3 is 39.2 Å². The number of carbonyl (C=O) groups is 3. The summed E-state index contributed by atoms with van der Waals surface area (Å²) in [4.78, 5) is 40.4. The Balaban J connectivity index is 1.27. The van der Waals surface area contributed by atoms with Crippen LogP contribution in [0.15, 0.2) is 75.8 Å². The highest BCUT2D eigenvalue weighted by Gasteiger charge is 2.61. The lowest BCUT2D eigenvalue weighted by Gasteiger charge is -2.51. The summed E-state index contributed by atoms with van der Waals surface area (Å²) in [6.07, 6.45) is 8.61. The van der Waals surface area contributed by atoms with Crippen LogP contribution in [0.3, 0.4) is 0 Å². The molecule has 306 valence electrons. The van der Waals surface area contributed by atoms with E-state index < -0.39 is 53.7 Å². The Labute approximate surface area is 339 Å². The third kappa shape index (κ3) is 9.26. The number of amides is 1. The fourth-order valence-corrected chi connectivity index (χ4v) is 9.29. The normalized spacial score (nSPS) is 39.1. The number of allylic oxidation sites excluding steroid dienone is 2. The van der Waals surface area contributed by atoms with E-state index in [1.807, 2.05) is 32.1 Å². The minimum Gasteiger partial charge on any atom is -0.462 e. The van der Waals surface area contributed by atoms with E-state index in [1.54, 1.807) is 43.4 Å². The van der Waals surface area contributed by atoms with Gasteiger partial charge in [-0.3, -0.25) is 14.4 Å². The van der Waals surface area contributed by atoms with Gasteiger partial charge in [-0.1, -0.05) is 86.5 Å². The van der Waals surface area contributed by atoms with Crippen LogP contribution in [0.25, 0.3) is 0 Å². The Hall–Kier alpha value is -3.13. The smallest absolute Gasteiger partial charge is 0.316 e. The zero-order valence-electron chi connectivity index (χ0n) is 33.4. The fourth-order valence-electron chi connectivity index (χ4n) is 8.89. The van der Waals surface area contributed by atoms with Crippen molar-refractivity contribution >= 4 is 39.5 Å². The van der Waals surface area contributed by atoms with Crippen LogP contribution < -0.4 is 5.32 Å². The first-order valence-electron chi connectivity index (χ1n) is 20.2. The minimum absolute atomic E-state index is 0.0116. The van der Waals surface area contributed by atoms with Gasteiger partial charge in [0, 0.05) is 41.8 Å². The molecule has 2 bridgehead atoms. The maximum absolute atomic E-state index is 14.5. The van der Waals surface area contributed by atoms with Crippen LogP contribution in [-0.2, 0) is 38.1 Å². The zero-order chi connectivity index (χ0) is 40.4. The lowest BCUT2D eigenvalue weighted by molar-refractivity contribution is -0.340.